The summed E-state index contributed by atoms with van der Waals surface area (Å²) in [4.78, 5) is 6.54. The fourth-order valence-corrected chi connectivity index (χ4v) is 1.95. The maximum Gasteiger partial charge on any atom is 0.138 e. The largest absolute Gasteiger partial charge is 0.506 e. The Hall–Kier alpha value is -1.13. The molecule has 1 fully saturated rings. The minimum absolute atomic E-state index is 0.274. The molecule has 1 aliphatic rings. The minimum Gasteiger partial charge on any atom is -0.506 e. The van der Waals surface area contributed by atoms with Crippen LogP contribution in [0.4, 0.5) is 0 Å². The van der Waals surface area contributed by atoms with E-state index in [4.69, 9.17) is 4.74 Å². The average molecular weight is 222 g/mol. The first-order valence-corrected chi connectivity index (χ1v) is 5.60. The second-order valence-corrected chi connectivity index (χ2v) is 4.35. The van der Waals surface area contributed by atoms with E-state index < -0.39 is 0 Å². The predicted octanol–water partition coefficient (Wildman–Crippen LogP) is 1.32. The van der Waals surface area contributed by atoms with E-state index in [1.807, 2.05) is 20.0 Å². The second-order valence-electron chi connectivity index (χ2n) is 4.35. The predicted molar refractivity (Wildman–Crippen MR) is 61.3 cm³/mol. The molecule has 0 aliphatic carbocycles. The van der Waals surface area contributed by atoms with Gasteiger partial charge in [0.1, 0.15) is 5.75 Å². The Morgan fingerprint density at radius 3 is 3.06 bits per heavy atom. The van der Waals surface area contributed by atoms with Crippen molar-refractivity contribution in [2.75, 3.05) is 20.3 Å². The summed E-state index contributed by atoms with van der Waals surface area (Å²) >= 11 is 0. The molecule has 0 spiro atoms. The molecular formula is C12H18N2O2. The van der Waals surface area contributed by atoms with Gasteiger partial charge in [-0.05, 0) is 32.5 Å². The molecule has 0 amide bonds. The summed E-state index contributed by atoms with van der Waals surface area (Å²) in [5.41, 5.74) is 1.68. The van der Waals surface area contributed by atoms with Crippen LogP contribution in [0.25, 0.3) is 0 Å². The molecule has 1 unspecified atom stereocenters. The zero-order chi connectivity index (χ0) is 11.5. The molecule has 1 N–H and O–H groups in total. The summed E-state index contributed by atoms with van der Waals surface area (Å²) < 4.78 is 5.35. The molecule has 2 rings (SSSR count). The van der Waals surface area contributed by atoms with Gasteiger partial charge in [-0.2, -0.15) is 0 Å². The molecule has 88 valence electrons. The van der Waals surface area contributed by atoms with Crippen molar-refractivity contribution >= 4 is 0 Å². The molecule has 0 saturated carbocycles. The van der Waals surface area contributed by atoms with Crippen molar-refractivity contribution in [3.8, 4) is 5.75 Å². The smallest absolute Gasteiger partial charge is 0.138 e. The van der Waals surface area contributed by atoms with E-state index in [9.17, 15) is 5.11 Å². The van der Waals surface area contributed by atoms with Crippen LogP contribution in [0.3, 0.4) is 0 Å². The Morgan fingerprint density at radius 2 is 2.38 bits per heavy atom. The Bertz CT molecular complexity index is 362. The first kappa shape index (κ1) is 11.4. The van der Waals surface area contributed by atoms with Crippen LogP contribution in [0.15, 0.2) is 12.1 Å². The Labute approximate surface area is 95.9 Å². The van der Waals surface area contributed by atoms with Crippen LogP contribution < -0.4 is 0 Å². The van der Waals surface area contributed by atoms with Gasteiger partial charge < -0.3 is 9.84 Å². The van der Waals surface area contributed by atoms with Crippen molar-refractivity contribution in [3.63, 3.8) is 0 Å². The molecule has 4 nitrogen and oxygen atoms in total. The third-order valence-electron chi connectivity index (χ3n) is 3.02. The quantitative estimate of drug-likeness (QED) is 0.837. The number of aryl methyl sites for hydroxylation is 1. The highest BCUT2D eigenvalue weighted by Crippen LogP contribution is 2.19. The average Bonchev–Trinajstić information content (AvgIpc) is 2.76. The Morgan fingerprint density at radius 1 is 1.56 bits per heavy atom. The fourth-order valence-electron chi connectivity index (χ4n) is 1.95. The van der Waals surface area contributed by atoms with Gasteiger partial charge in [-0.15, -0.1) is 0 Å². The standard InChI is InChI=1S/C12H18N2O2/c1-9-3-4-12(15)11(13-9)7-14(2)10-5-6-16-8-10/h3-4,10,15H,5-8H2,1-2H3. The van der Waals surface area contributed by atoms with E-state index in [1.54, 1.807) is 6.07 Å². The summed E-state index contributed by atoms with van der Waals surface area (Å²) in [6.45, 7) is 4.22. The van der Waals surface area contributed by atoms with E-state index >= 15 is 0 Å². The van der Waals surface area contributed by atoms with Crippen LogP contribution in [-0.4, -0.2) is 41.3 Å². The molecule has 1 atom stereocenters. The number of nitrogens with zero attached hydrogens (tertiary/aromatic N) is 2. The van der Waals surface area contributed by atoms with Gasteiger partial charge in [0, 0.05) is 24.9 Å². The van der Waals surface area contributed by atoms with Crippen molar-refractivity contribution in [1.29, 1.82) is 0 Å². The molecule has 0 radical (unpaired) electrons. The number of aromatic hydroxyl groups is 1. The normalized spacial score (nSPS) is 20.6. The first-order chi connectivity index (χ1) is 7.66. The van der Waals surface area contributed by atoms with Crippen molar-refractivity contribution in [3.05, 3.63) is 23.5 Å². The number of rotatable bonds is 3. The molecule has 4 heteroatoms. The van der Waals surface area contributed by atoms with Gasteiger partial charge in [-0.25, -0.2) is 0 Å². The van der Waals surface area contributed by atoms with Crippen LogP contribution >= 0.6 is 0 Å². The minimum atomic E-state index is 0.274. The van der Waals surface area contributed by atoms with Crippen LogP contribution in [0.2, 0.25) is 0 Å². The van der Waals surface area contributed by atoms with Crippen LogP contribution in [0.1, 0.15) is 17.8 Å². The highest BCUT2D eigenvalue weighted by molar-refractivity contribution is 5.27. The summed E-state index contributed by atoms with van der Waals surface area (Å²) in [6, 6.07) is 3.97. The number of ether oxygens (including phenoxy) is 1. The van der Waals surface area contributed by atoms with E-state index in [2.05, 4.69) is 9.88 Å². The third kappa shape index (κ3) is 2.51. The second kappa shape index (κ2) is 4.80. The van der Waals surface area contributed by atoms with Gasteiger partial charge in [-0.3, -0.25) is 9.88 Å². The van der Waals surface area contributed by atoms with Crippen molar-refractivity contribution < 1.29 is 9.84 Å². The molecule has 1 aromatic rings. The topological polar surface area (TPSA) is 45.6 Å². The van der Waals surface area contributed by atoms with Crippen LogP contribution in [-0.2, 0) is 11.3 Å². The van der Waals surface area contributed by atoms with Gasteiger partial charge in [0.15, 0.2) is 0 Å². The van der Waals surface area contributed by atoms with Crippen molar-refractivity contribution in [1.82, 2.24) is 9.88 Å². The maximum absolute atomic E-state index is 9.71. The Kier molecular flexibility index (Phi) is 3.41. The number of pyridine rings is 1. The molecular weight excluding hydrogens is 204 g/mol. The SMILES string of the molecule is Cc1ccc(O)c(CN(C)C2CCOC2)n1. The number of aromatic nitrogens is 1. The van der Waals surface area contributed by atoms with Gasteiger partial charge in [0.2, 0.25) is 0 Å². The Balaban J connectivity index is 2.04. The summed E-state index contributed by atoms with van der Waals surface area (Å²) in [7, 11) is 2.04. The summed E-state index contributed by atoms with van der Waals surface area (Å²) in [6.07, 6.45) is 1.06. The van der Waals surface area contributed by atoms with Gasteiger partial charge >= 0.3 is 0 Å². The van der Waals surface area contributed by atoms with E-state index in [0.717, 1.165) is 31.0 Å². The van der Waals surface area contributed by atoms with Gasteiger partial charge in [0.25, 0.3) is 0 Å². The number of likely N-dealkylation sites (N-methyl/N-ethyl adjacent to an activating group) is 1. The maximum atomic E-state index is 9.71. The molecule has 0 aromatic carbocycles. The molecule has 0 bridgehead atoms. The van der Waals surface area contributed by atoms with Crippen LogP contribution in [0, 0.1) is 6.92 Å². The zero-order valence-electron chi connectivity index (χ0n) is 9.81. The molecule has 2 heterocycles. The van der Waals surface area contributed by atoms with Gasteiger partial charge in [0.05, 0.1) is 12.3 Å². The lowest BCUT2D eigenvalue weighted by Gasteiger charge is -2.22. The lowest BCUT2D eigenvalue weighted by atomic mass is 10.2. The third-order valence-corrected chi connectivity index (χ3v) is 3.02. The zero-order valence-corrected chi connectivity index (χ0v) is 9.81. The summed E-state index contributed by atoms with van der Waals surface area (Å²) in [5.74, 6) is 0.274. The van der Waals surface area contributed by atoms with Crippen LogP contribution in [0.5, 0.6) is 5.75 Å². The lowest BCUT2D eigenvalue weighted by molar-refractivity contribution is 0.155. The number of hydrogen-bond donors (Lipinski definition) is 1. The van der Waals surface area contributed by atoms with E-state index in [0.29, 0.717) is 12.6 Å². The first-order valence-electron chi connectivity index (χ1n) is 5.60. The molecule has 1 aromatic heterocycles. The molecule has 1 aliphatic heterocycles. The monoisotopic (exact) mass is 222 g/mol. The van der Waals surface area contributed by atoms with Crippen molar-refractivity contribution in [2.24, 2.45) is 0 Å². The molecule has 16 heavy (non-hydrogen) atoms. The number of hydrogen-bond acceptors (Lipinski definition) is 4. The van der Waals surface area contributed by atoms with Crippen molar-refractivity contribution in [2.45, 2.75) is 25.9 Å². The van der Waals surface area contributed by atoms with E-state index in [-0.39, 0.29) is 5.75 Å². The highest BCUT2D eigenvalue weighted by Gasteiger charge is 2.21. The van der Waals surface area contributed by atoms with Gasteiger partial charge in [-0.1, -0.05) is 0 Å². The lowest BCUT2D eigenvalue weighted by Crippen LogP contribution is -2.31. The molecule has 1 saturated heterocycles. The highest BCUT2D eigenvalue weighted by atomic mass is 16.5. The van der Waals surface area contributed by atoms with E-state index in [1.165, 1.54) is 0 Å². The fraction of sp³-hybridized carbons (Fsp3) is 0.583. The summed E-state index contributed by atoms with van der Waals surface area (Å²) in [5, 5.41) is 9.71.